The summed E-state index contributed by atoms with van der Waals surface area (Å²) < 4.78 is 6.21. The maximum absolute atomic E-state index is 10.8. The molecule has 1 fully saturated rings. The van der Waals surface area contributed by atoms with E-state index in [0.717, 1.165) is 16.9 Å². The van der Waals surface area contributed by atoms with Crippen LogP contribution >= 0.6 is 0 Å². The number of hydrogen-bond donors (Lipinski definition) is 3. The number of carboxylic acids is 1. The van der Waals surface area contributed by atoms with E-state index in [2.05, 4.69) is 11.8 Å². The lowest BCUT2D eigenvalue weighted by molar-refractivity contribution is -0.137. The summed E-state index contributed by atoms with van der Waals surface area (Å²) in [6, 6.07) is 6.01. The summed E-state index contributed by atoms with van der Waals surface area (Å²) in [5.41, 5.74) is 2.11. The highest BCUT2D eigenvalue weighted by Gasteiger charge is 2.48. The van der Waals surface area contributed by atoms with E-state index in [4.69, 9.17) is 9.84 Å². The Hall–Kier alpha value is -2.29. The molecule has 3 N–H and O–H groups in total. The first kappa shape index (κ1) is 21.4. The van der Waals surface area contributed by atoms with Crippen molar-refractivity contribution in [2.45, 2.75) is 70.2 Å². The van der Waals surface area contributed by atoms with Crippen LogP contribution in [0, 0.1) is 23.7 Å². The summed E-state index contributed by atoms with van der Waals surface area (Å²) in [5.74, 6) is 5.87. The van der Waals surface area contributed by atoms with E-state index in [1.807, 2.05) is 31.2 Å². The summed E-state index contributed by atoms with van der Waals surface area (Å²) in [7, 11) is 0. The van der Waals surface area contributed by atoms with Gasteiger partial charge in [0, 0.05) is 36.7 Å². The second-order valence-corrected chi connectivity index (χ2v) is 8.13. The first-order chi connectivity index (χ1) is 13.9. The van der Waals surface area contributed by atoms with Crippen molar-refractivity contribution >= 4 is 5.97 Å². The second kappa shape index (κ2) is 9.47. The van der Waals surface area contributed by atoms with Crippen LogP contribution < -0.4 is 4.74 Å². The number of hydrogen-bond acceptors (Lipinski definition) is 4. The van der Waals surface area contributed by atoms with Crippen molar-refractivity contribution in [1.82, 2.24) is 0 Å². The molecule has 1 aliphatic carbocycles. The van der Waals surface area contributed by atoms with Gasteiger partial charge in [0.15, 0.2) is 0 Å². The van der Waals surface area contributed by atoms with Crippen LogP contribution in [0.3, 0.4) is 0 Å². The molecule has 0 radical (unpaired) electrons. The molecule has 1 saturated carbocycles. The van der Waals surface area contributed by atoms with Crippen LogP contribution in [0.4, 0.5) is 0 Å². The monoisotopic (exact) mass is 398 g/mol. The number of aliphatic carboxylic acids is 1. The molecule has 1 aromatic carbocycles. The highest BCUT2D eigenvalue weighted by Crippen LogP contribution is 2.52. The van der Waals surface area contributed by atoms with E-state index >= 15 is 0 Å². The van der Waals surface area contributed by atoms with Gasteiger partial charge in [0.25, 0.3) is 0 Å². The number of aliphatic hydroxyl groups is 2. The summed E-state index contributed by atoms with van der Waals surface area (Å²) in [6.07, 6.45) is 5.07. The first-order valence-corrected chi connectivity index (χ1v) is 10.4. The fourth-order valence-electron chi connectivity index (χ4n) is 4.41. The number of carboxylic acid groups (broad SMARTS) is 1. The lowest BCUT2D eigenvalue weighted by Gasteiger charge is -2.19. The molecule has 6 atom stereocenters. The topological polar surface area (TPSA) is 87.0 Å². The molecule has 1 aliphatic heterocycles. The molecular weight excluding hydrogens is 368 g/mol. The van der Waals surface area contributed by atoms with Crippen LogP contribution in [0.25, 0.3) is 0 Å². The zero-order valence-electron chi connectivity index (χ0n) is 17.0. The molecule has 29 heavy (non-hydrogen) atoms. The van der Waals surface area contributed by atoms with E-state index in [0.29, 0.717) is 25.7 Å². The maximum Gasteiger partial charge on any atom is 0.303 e. The van der Waals surface area contributed by atoms with E-state index in [1.54, 1.807) is 13.0 Å². The molecule has 5 nitrogen and oxygen atoms in total. The highest BCUT2D eigenvalue weighted by atomic mass is 16.5. The SMILES string of the molecule is CC#CCC(C)C(O)/C=C/[C@@H]1[C@H]2c3cccc(CCCC(=O)O)c3O[C@H]2C[C@H]1O. The van der Waals surface area contributed by atoms with Crippen molar-refractivity contribution in [1.29, 1.82) is 0 Å². The molecule has 1 heterocycles. The van der Waals surface area contributed by atoms with Crippen LogP contribution in [0.2, 0.25) is 0 Å². The van der Waals surface area contributed by atoms with Crippen LogP contribution in [0.5, 0.6) is 5.75 Å². The van der Waals surface area contributed by atoms with Gasteiger partial charge in [-0.1, -0.05) is 37.3 Å². The Bertz CT molecular complexity index is 818. The minimum absolute atomic E-state index is 0.0287. The minimum atomic E-state index is -0.790. The van der Waals surface area contributed by atoms with Gasteiger partial charge in [-0.3, -0.25) is 4.79 Å². The van der Waals surface area contributed by atoms with E-state index in [9.17, 15) is 15.0 Å². The largest absolute Gasteiger partial charge is 0.489 e. The van der Waals surface area contributed by atoms with Crippen molar-refractivity contribution in [2.24, 2.45) is 11.8 Å². The van der Waals surface area contributed by atoms with Gasteiger partial charge in [-0.05, 0) is 31.2 Å². The van der Waals surface area contributed by atoms with Gasteiger partial charge >= 0.3 is 5.97 Å². The van der Waals surface area contributed by atoms with Crippen LogP contribution in [0.15, 0.2) is 30.4 Å². The standard InChI is InChI=1S/C24H30O5/c1-3-4-7-15(2)19(25)13-12-17-20(26)14-21-23(17)18-10-5-8-16(24(18)29-21)9-6-11-22(27)28/h5,8,10,12-13,15,17,19-21,23,25-26H,6-7,9,11,14H2,1-2H3,(H,27,28)/b13-12+/t15?,17-,19?,20+,21-,23-/m0/s1. The first-order valence-electron chi connectivity index (χ1n) is 10.4. The zero-order chi connectivity index (χ0) is 21.0. The molecular formula is C24H30O5. The Kier molecular flexibility index (Phi) is 7.00. The molecule has 0 aromatic heterocycles. The molecule has 1 aromatic rings. The number of aliphatic hydroxyl groups excluding tert-OH is 2. The van der Waals surface area contributed by atoms with Crippen molar-refractivity contribution in [3.63, 3.8) is 0 Å². The molecule has 2 unspecified atom stereocenters. The van der Waals surface area contributed by atoms with Gasteiger partial charge in [-0.15, -0.1) is 11.8 Å². The molecule has 2 aliphatic rings. The normalized spacial score (nSPS) is 26.9. The third-order valence-electron chi connectivity index (χ3n) is 6.04. The number of rotatable bonds is 8. The van der Waals surface area contributed by atoms with Crippen molar-refractivity contribution in [3.8, 4) is 17.6 Å². The third kappa shape index (κ3) is 4.83. The van der Waals surface area contributed by atoms with Gasteiger partial charge in [0.1, 0.15) is 11.9 Å². The van der Waals surface area contributed by atoms with Crippen molar-refractivity contribution < 1.29 is 24.9 Å². The number of aryl methyl sites for hydroxylation is 1. The molecule has 0 amide bonds. The zero-order valence-corrected chi connectivity index (χ0v) is 17.0. The van der Waals surface area contributed by atoms with Gasteiger partial charge in [0.2, 0.25) is 0 Å². The fourth-order valence-corrected chi connectivity index (χ4v) is 4.41. The maximum atomic E-state index is 10.8. The molecule has 0 spiro atoms. The summed E-state index contributed by atoms with van der Waals surface area (Å²) >= 11 is 0. The fraction of sp³-hybridized carbons (Fsp3) is 0.542. The van der Waals surface area contributed by atoms with E-state index < -0.39 is 18.2 Å². The molecule has 5 heteroatoms. The van der Waals surface area contributed by atoms with Crippen LogP contribution in [0.1, 0.15) is 56.6 Å². The van der Waals surface area contributed by atoms with Crippen molar-refractivity contribution in [3.05, 3.63) is 41.5 Å². The number of ether oxygens (including phenoxy) is 1. The highest BCUT2D eigenvalue weighted by molar-refractivity contribution is 5.66. The quantitative estimate of drug-likeness (QED) is 0.462. The molecule has 156 valence electrons. The van der Waals surface area contributed by atoms with Crippen LogP contribution in [-0.4, -0.2) is 39.6 Å². The third-order valence-corrected chi connectivity index (χ3v) is 6.04. The number of fused-ring (bicyclic) bond motifs is 3. The Balaban J connectivity index is 1.75. The smallest absolute Gasteiger partial charge is 0.303 e. The number of benzene rings is 1. The lowest BCUT2D eigenvalue weighted by atomic mass is 9.86. The summed E-state index contributed by atoms with van der Waals surface area (Å²) in [6.45, 7) is 3.75. The van der Waals surface area contributed by atoms with Gasteiger partial charge in [-0.2, -0.15) is 0 Å². The minimum Gasteiger partial charge on any atom is -0.489 e. The molecule has 0 bridgehead atoms. The number of carbonyl (C=O) groups is 1. The average molecular weight is 398 g/mol. The number of para-hydroxylation sites is 1. The van der Waals surface area contributed by atoms with Crippen LogP contribution in [-0.2, 0) is 11.2 Å². The Labute approximate surface area is 172 Å². The van der Waals surface area contributed by atoms with Gasteiger partial charge < -0.3 is 20.1 Å². The average Bonchev–Trinajstić information content (AvgIpc) is 3.19. The summed E-state index contributed by atoms with van der Waals surface area (Å²) in [5, 5.41) is 29.9. The predicted molar refractivity (Wildman–Crippen MR) is 111 cm³/mol. The summed E-state index contributed by atoms with van der Waals surface area (Å²) in [4.78, 5) is 10.8. The molecule has 0 saturated heterocycles. The Morgan fingerprint density at radius 2 is 2.21 bits per heavy atom. The second-order valence-electron chi connectivity index (χ2n) is 8.13. The Morgan fingerprint density at radius 3 is 2.93 bits per heavy atom. The van der Waals surface area contributed by atoms with E-state index in [-0.39, 0.29) is 30.3 Å². The predicted octanol–water partition coefficient (Wildman–Crippen LogP) is 3.29. The molecule has 3 rings (SSSR count). The van der Waals surface area contributed by atoms with Gasteiger partial charge in [-0.25, -0.2) is 0 Å². The van der Waals surface area contributed by atoms with E-state index in [1.165, 1.54) is 0 Å². The lowest BCUT2D eigenvalue weighted by Crippen LogP contribution is -2.19. The Morgan fingerprint density at radius 1 is 1.41 bits per heavy atom. The van der Waals surface area contributed by atoms with Crippen molar-refractivity contribution in [2.75, 3.05) is 0 Å². The van der Waals surface area contributed by atoms with Gasteiger partial charge in [0.05, 0.1) is 12.2 Å².